The Kier molecular flexibility index (Phi) is 9.90. The zero-order valence-corrected chi connectivity index (χ0v) is 27.7. The van der Waals surface area contributed by atoms with Gasteiger partial charge in [0.25, 0.3) is 5.56 Å². The van der Waals surface area contributed by atoms with Gasteiger partial charge in [-0.1, -0.05) is 30.3 Å². The lowest BCUT2D eigenvalue weighted by Crippen LogP contribution is -2.56. The van der Waals surface area contributed by atoms with Gasteiger partial charge >= 0.3 is 12.1 Å². The molecular weight excluding hydrogens is 662 g/mol. The summed E-state index contributed by atoms with van der Waals surface area (Å²) in [5, 5.41) is 2.43. The molecule has 2 heterocycles. The van der Waals surface area contributed by atoms with Crippen LogP contribution >= 0.6 is 15.9 Å². The molecule has 5 rings (SSSR count). The number of piperazine rings is 1. The van der Waals surface area contributed by atoms with E-state index >= 15 is 0 Å². The predicted octanol–water partition coefficient (Wildman–Crippen LogP) is 4.84. The van der Waals surface area contributed by atoms with E-state index in [2.05, 4.69) is 15.9 Å². The van der Waals surface area contributed by atoms with Crippen molar-refractivity contribution in [2.24, 2.45) is 0 Å². The average molecular weight is 697 g/mol. The Hall–Kier alpha value is -4.91. The number of halogens is 1. The average Bonchev–Trinajstić information content (AvgIpc) is 3.09. The summed E-state index contributed by atoms with van der Waals surface area (Å²) in [5.41, 5.74) is 1.33. The van der Waals surface area contributed by atoms with E-state index in [1.807, 2.05) is 30.3 Å². The van der Waals surface area contributed by atoms with Crippen molar-refractivity contribution in [3.05, 3.63) is 80.7 Å². The van der Waals surface area contributed by atoms with Crippen molar-refractivity contribution in [3.63, 3.8) is 0 Å². The zero-order chi connectivity index (χ0) is 33.0. The van der Waals surface area contributed by atoms with Crippen molar-refractivity contribution in [2.45, 2.75) is 6.61 Å². The number of pyridine rings is 1. The molecule has 0 spiro atoms. The van der Waals surface area contributed by atoms with Crippen LogP contribution in [0, 0.1) is 0 Å². The van der Waals surface area contributed by atoms with Gasteiger partial charge in [-0.3, -0.25) is 4.79 Å². The first-order valence-electron chi connectivity index (χ1n) is 14.3. The molecule has 0 atom stereocenters. The van der Waals surface area contributed by atoms with Crippen LogP contribution in [0.1, 0.15) is 16.1 Å². The summed E-state index contributed by atoms with van der Waals surface area (Å²) in [4.78, 5) is 42.5. The minimum atomic E-state index is -0.737. The topological polar surface area (TPSA) is 118 Å². The molecule has 1 saturated heterocycles. The molecule has 1 aliphatic heterocycles. The Bertz CT molecular complexity index is 1820. The second-order valence-corrected chi connectivity index (χ2v) is 11.1. The smallest absolute Gasteiger partial charge is 0.410 e. The van der Waals surface area contributed by atoms with Crippen LogP contribution in [0.5, 0.6) is 23.0 Å². The number of methoxy groups -OCH3 is 5. The lowest BCUT2D eigenvalue weighted by Gasteiger charge is -2.37. The number of hydrogen-bond donors (Lipinski definition) is 0. The number of nitrogens with zero attached hydrogens (tertiary/aromatic N) is 3. The summed E-state index contributed by atoms with van der Waals surface area (Å²) in [7, 11) is 7.25. The van der Waals surface area contributed by atoms with Crippen molar-refractivity contribution in [2.75, 3.05) is 66.7 Å². The number of esters is 1. The summed E-state index contributed by atoms with van der Waals surface area (Å²) in [5.74, 6) is 0.829. The maximum Gasteiger partial charge on any atom is 0.410 e. The number of fused-ring (bicyclic) bond motifs is 1. The first-order valence-corrected chi connectivity index (χ1v) is 15.1. The van der Waals surface area contributed by atoms with Crippen LogP contribution in [-0.4, -0.2) is 83.4 Å². The van der Waals surface area contributed by atoms with Gasteiger partial charge in [0.2, 0.25) is 0 Å². The number of carbonyl (C=O) groups is 2. The van der Waals surface area contributed by atoms with Gasteiger partial charge in [0.1, 0.15) is 6.61 Å². The highest BCUT2D eigenvalue weighted by Gasteiger charge is 2.31. The Balaban J connectivity index is 1.64. The van der Waals surface area contributed by atoms with Gasteiger partial charge in [0.05, 0.1) is 58.5 Å². The highest BCUT2D eigenvalue weighted by molar-refractivity contribution is 9.10. The lowest BCUT2D eigenvalue weighted by molar-refractivity contribution is 0.0584. The molecule has 0 saturated carbocycles. The van der Waals surface area contributed by atoms with Gasteiger partial charge < -0.3 is 38.3 Å². The third-order valence-corrected chi connectivity index (χ3v) is 8.36. The van der Waals surface area contributed by atoms with E-state index in [-0.39, 0.29) is 43.9 Å². The van der Waals surface area contributed by atoms with E-state index < -0.39 is 17.6 Å². The number of hydrogen-bond acceptors (Lipinski definition) is 10. The number of amides is 1. The first kappa shape index (κ1) is 32.5. The van der Waals surface area contributed by atoms with Crippen molar-refractivity contribution in [1.82, 2.24) is 9.58 Å². The van der Waals surface area contributed by atoms with Gasteiger partial charge in [-0.2, -0.15) is 0 Å². The highest BCUT2D eigenvalue weighted by atomic mass is 79.9. The fourth-order valence-electron chi connectivity index (χ4n) is 5.51. The van der Waals surface area contributed by atoms with E-state index in [9.17, 15) is 14.4 Å². The van der Waals surface area contributed by atoms with Gasteiger partial charge in [-0.15, -0.1) is 0 Å². The standard InChI is InChI=1S/C33H34BrN3O9/c1-41-25-17-22-23(18-26(25)42-2)31(38)37(36-13-11-35(12-14-36)33(40)46-19-20-9-7-6-8-10-20)29(32(39)45-5)28(22)21-15-24(34)30(44-4)27(16-21)43-3/h6-10,15-18H,11-14,19H2,1-5H3. The van der Waals surface area contributed by atoms with Crippen LogP contribution in [0.3, 0.4) is 0 Å². The Morgan fingerprint density at radius 1 is 0.783 bits per heavy atom. The van der Waals surface area contributed by atoms with Crippen LogP contribution in [0.25, 0.3) is 21.9 Å². The molecule has 0 unspecified atom stereocenters. The number of benzene rings is 3. The molecule has 242 valence electrons. The molecule has 1 amide bonds. The summed E-state index contributed by atoms with van der Waals surface area (Å²) < 4.78 is 34.9. The number of rotatable bonds is 9. The molecule has 0 radical (unpaired) electrons. The number of aromatic nitrogens is 1. The second kappa shape index (κ2) is 14.0. The van der Waals surface area contributed by atoms with Gasteiger partial charge in [0, 0.05) is 24.0 Å². The van der Waals surface area contributed by atoms with Crippen LogP contribution in [-0.2, 0) is 16.1 Å². The molecule has 1 fully saturated rings. The molecule has 1 aliphatic rings. The lowest BCUT2D eigenvalue weighted by atomic mass is 9.96. The van der Waals surface area contributed by atoms with Crippen LogP contribution < -0.4 is 29.5 Å². The minimum Gasteiger partial charge on any atom is -0.493 e. The number of carbonyl (C=O) groups excluding carboxylic acids is 2. The fourth-order valence-corrected chi connectivity index (χ4v) is 6.11. The van der Waals surface area contributed by atoms with E-state index in [0.29, 0.717) is 44.0 Å². The minimum absolute atomic E-state index is 0.00792. The Morgan fingerprint density at radius 2 is 1.41 bits per heavy atom. The van der Waals surface area contributed by atoms with E-state index in [0.717, 1.165) is 5.56 Å². The maximum atomic E-state index is 14.3. The monoisotopic (exact) mass is 695 g/mol. The maximum absolute atomic E-state index is 14.3. The van der Waals surface area contributed by atoms with Crippen molar-refractivity contribution < 1.29 is 38.0 Å². The first-order chi connectivity index (χ1) is 22.3. The van der Waals surface area contributed by atoms with Crippen molar-refractivity contribution in [1.29, 1.82) is 0 Å². The normalized spacial score (nSPS) is 12.9. The van der Waals surface area contributed by atoms with Crippen LogP contribution in [0.4, 0.5) is 4.79 Å². The summed E-state index contributed by atoms with van der Waals surface area (Å²) in [6.07, 6.45) is -0.463. The molecular formula is C33H34BrN3O9. The molecule has 4 aromatic rings. The van der Waals surface area contributed by atoms with Crippen LogP contribution in [0.15, 0.2) is 63.9 Å². The summed E-state index contributed by atoms with van der Waals surface area (Å²) in [6, 6.07) is 16.1. The molecule has 0 N–H and O–H groups in total. The molecule has 13 heteroatoms. The van der Waals surface area contributed by atoms with Crippen LogP contribution in [0.2, 0.25) is 0 Å². The van der Waals surface area contributed by atoms with Gasteiger partial charge in [-0.25, -0.2) is 14.3 Å². The van der Waals surface area contributed by atoms with Gasteiger partial charge in [-0.05, 0) is 51.3 Å². The highest BCUT2D eigenvalue weighted by Crippen LogP contribution is 2.43. The summed E-state index contributed by atoms with van der Waals surface area (Å²) in [6.45, 7) is 1.12. The summed E-state index contributed by atoms with van der Waals surface area (Å²) >= 11 is 3.55. The zero-order valence-electron chi connectivity index (χ0n) is 26.1. The van der Waals surface area contributed by atoms with Crippen molar-refractivity contribution >= 4 is 38.8 Å². The second-order valence-electron chi connectivity index (χ2n) is 10.3. The van der Waals surface area contributed by atoms with E-state index in [1.165, 1.54) is 40.2 Å². The third kappa shape index (κ3) is 6.14. The molecule has 3 aromatic carbocycles. The predicted molar refractivity (Wildman–Crippen MR) is 175 cm³/mol. The fraction of sp³-hybridized carbons (Fsp3) is 0.303. The Morgan fingerprint density at radius 3 is 2.00 bits per heavy atom. The van der Waals surface area contributed by atoms with E-state index in [1.54, 1.807) is 34.2 Å². The quantitative estimate of drug-likeness (QED) is 0.225. The molecule has 0 aliphatic carbocycles. The SMILES string of the molecule is COC(=O)c1c(-c2cc(Br)c(OC)c(OC)c2)c2cc(OC)c(OC)cc2c(=O)n1N1CCN(C(=O)OCc2ccccc2)CC1. The molecule has 46 heavy (non-hydrogen) atoms. The Labute approximate surface area is 274 Å². The van der Waals surface area contributed by atoms with Gasteiger partial charge in [0.15, 0.2) is 28.7 Å². The molecule has 1 aromatic heterocycles. The number of ether oxygens (including phenoxy) is 6. The molecule has 0 bridgehead atoms. The largest absolute Gasteiger partial charge is 0.493 e. The molecule has 12 nitrogen and oxygen atoms in total. The van der Waals surface area contributed by atoms with Crippen molar-refractivity contribution in [3.8, 4) is 34.1 Å². The van der Waals surface area contributed by atoms with E-state index in [4.69, 9.17) is 28.4 Å². The third-order valence-electron chi connectivity index (χ3n) is 7.77.